The van der Waals surface area contributed by atoms with Crippen LogP contribution in [0.5, 0.6) is 0 Å². The lowest BCUT2D eigenvalue weighted by Crippen LogP contribution is -2.60. The average molecular weight is 250 g/mol. The van der Waals surface area contributed by atoms with E-state index in [0.29, 0.717) is 12.0 Å². The Morgan fingerprint density at radius 2 is 1.83 bits per heavy atom. The van der Waals surface area contributed by atoms with Crippen molar-refractivity contribution in [2.24, 2.45) is 0 Å². The van der Waals surface area contributed by atoms with Gasteiger partial charge in [-0.3, -0.25) is 0 Å². The quantitative estimate of drug-likeness (QED) is 0.730. The van der Waals surface area contributed by atoms with Crippen molar-refractivity contribution in [1.29, 1.82) is 0 Å². The number of nitrogens with two attached hydrogens (primary N) is 1. The van der Waals surface area contributed by atoms with Crippen molar-refractivity contribution >= 4 is 11.9 Å². The molecule has 0 saturated carbocycles. The standard InChI is InChI=1S/C12H22N6/c1-11(2)5-8(6-12(3,4)18-11)16-10-15-7-14-9(13)17-10/h7-8,18H,5-6H2,1-4H3,(H3,13,14,15,16,17). The van der Waals surface area contributed by atoms with Gasteiger partial charge in [0.25, 0.3) is 0 Å². The van der Waals surface area contributed by atoms with E-state index in [1.807, 2.05) is 0 Å². The summed E-state index contributed by atoms with van der Waals surface area (Å²) in [6.45, 7) is 8.85. The monoisotopic (exact) mass is 250 g/mol. The minimum absolute atomic E-state index is 0.0952. The molecular formula is C12H22N6. The van der Waals surface area contributed by atoms with Gasteiger partial charge in [0.05, 0.1) is 0 Å². The second-order valence-corrected chi connectivity index (χ2v) is 6.31. The maximum atomic E-state index is 5.56. The van der Waals surface area contributed by atoms with Crippen LogP contribution in [0.4, 0.5) is 11.9 Å². The lowest BCUT2D eigenvalue weighted by molar-refractivity contribution is 0.170. The van der Waals surface area contributed by atoms with Crippen molar-refractivity contribution < 1.29 is 0 Å². The third-order valence-electron chi connectivity index (χ3n) is 3.11. The molecule has 0 aliphatic carbocycles. The molecule has 18 heavy (non-hydrogen) atoms. The second kappa shape index (κ2) is 4.35. The van der Waals surface area contributed by atoms with Crippen molar-refractivity contribution in [2.75, 3.05) is 11.1 Å². The van der Waals surface area contributed by atoms with Gasteiger partial charge in [-0.25, -0.2) is 9.97 Å². The van der Waals surface area contributed by atoms with Crippen molar-refractivity contribution in [3.05, 3.63) is 6.33 Å². The number of hydrogen-bond acceptors (Lipinski definition) is 6. The number of nitrogen functional groups attached to an aromatic ring is 1. The second-order valence-electron chi connectivity index (χ2n) is 6.31. The molecule has 0 unspecified atom stereocenters. The van der Waals surface area contributed by atoms with E-state index < -0.39 is 0 Å². The molecule has 1 saturated heterocycles. The predicted octanol–water partition coefficient (Wildman–Crippen LogP) is 1.17. The SMILES string of the molecule is CC1(C)CC(Nc2ncnc(N)n2)CC(C)(C)N1. The van der Waals surface area contributed by atoms with E-state index in [1.165, 1.54) is 6.33 Å². The molecule has 0 spiro atoms. The molecule has 0 amide bonds. The molecule has 1 aromatic heterocycles. The van der Waals surface area contributed by atoms with Gasteiger partial charge < -0.3 is 16.4 Å². The Hall–Kier alpha value is -1.43. The topological polar surface area (TPSA) is 88.8 Å². The largest absolute Gasteiger partial charge is 0.368 e. The van der Waals surface area contributed by atoms with Crippen LogP contribution in [-0.4, -0.2) is 32.1 Å². The highest BCUT2D eigenvalue weighted by molar-refractivity contribution is 5.31. The van der Waals surface area contributed by atoms with Crippen LogP contribution in [0, 0.1) is 0 Å². The number of nitrogens with zero attached hydrogens (tertiary/aromatic N) is 3. The van der Waals surface area contributed by atoms with Gasteiger partial charge in [0, 0.05) is 17.1 Å². The van der Waals surface area contributed by atoms with Crippen LogP contribution in [0.1, 0.15) is 40.5 Å². The van der Waals surface area contributed by atoms with Gasteiger partial charge in [0.1, 0.15) is 6.33 Å². The molecule has 1 aliphatic heterocycles. The highest BCUT2D eigenvalue weighted by Gasteiger charge is 2.37. The van der Waals surface area contributed by atoms with Gasteiger partial charge in [0.15, 0.2) is 0 Å². The summed E-state index contributed by atoms with van der Waals surface area (Å²) < 4.78 is 0. The van der Waals surface area contributed by atoms with Crippen LogP contribution in [0.3, 0.4) is 0 Å². The summed E-state index contributed by atoms with van der Waals surface area (Å²) >= 11 is 0. The molecule has 0 radical (unpaired) electrons. The lowest BCUT2D eigenvalue weighted by atomic mass is 9.80. The minimum atomic E-state index is 0.0952. The van der Waals surface area contributed by atoms with Crippen LogP contribution in [0.25, 0.3) is 0 Å². The van der Waals surface area contributed by atoms with Gasteiger partial charge in [0.2, 0.25) is 11.9 Å². The number of nitrogens with one attached hydrogen (secondary N) is 2. The Morgan fingerprint density at radius 1 is 1.22 bits per heavy atom. The number of aromatic nitrogens is 3. The van der Waals surface area contributed by atoms with Crippen molar-refractivity contribution in [1.82, 2.24) is 20.3 Å². The number of hydrogen-bond donors (Lipinski definition) is 3. The molecule has 0 aromatic carbocycles. The fourth-order valence-electron chi connectivity index (χ4n) is 2.99. The van der Waals surface area contributed by atoms with E-state index in [-0.39, 0.29) is 17.0 Å². The first kappa shape index (κ1) is 13.0. The van der Waals surface area contributed by atoms with Gasteiger partial charge in [-0.05, 0) is 40.5 Å². The Kier molecular flexibility index (Phi) is 3.14. The van der Waals surface area contributed by atoms with E-state index in [9.17, 15) is 0 Å². The minimum Gasteiger partial charge on any atom is -0.368 e. The molecule has 0 bridgehead atoms. The molecule has 6 heteroatoms. The van der Waals surface area contributed by atoms with E-state index in [2.05, 4.69) is 53.3 Å². The van der Waals surface area contributed by atoms with Gasteiger partial charge in [-0.15, -0.1) is 0 Å². The summed E-state index contributed by atoms with van der Waals surface area (Å²) in [5.74, 6) is 0.806. The van der Waals surface area contributed by atoms with Crippen LogP contribution in [-0.2, 0) is 0 Å². The highest BCUT2D eigenvalue weighted by atomic mass is 15.2. The maximum absolute atomic E-state index is 5.56. The fraction of sp³-hybridized carbons (Fsp3) is 0.750. The van der Waals surface area contributed by atoms with Crippen molar-refractivity contribution in [3.63, 3.8) is 0 Å². The number of rotatable bonds is 2. The Morgan fingerprint density at radius 3 is 2.39 bits per heavy atom. The zero-order valence-electron chi connectivity index (χ0n) is 11.5. The van der Waals surface area contributed by atoms with Crippen LogP contribution in [0.15, 0.2) is 6.33 Å². The highest BCUT2D eigenvalue weighted by Crippen LogP contribution is 2.29. The molecule has 100 valence electrons. The Balaban J connectivity index is 2.09. The van der Waals surface area contributed by atoms with Crippen LogP contribution in [0.2, 0.25) is 0 Å². The predicted molar refractivity (Wildman–Crippen MR) is 72.2 cm³/mol. The summed E-state index contributed by atoms with van der Waals surface area (Å²) in [5, 5.41) is 6.99. The zero-order chi connectivity index (χ0) is 13.4. The number of anilines is 2. The Bertz CT molecular complexity index is 412. The molecule has 6 nitrogen and oxygen atoms in total. The molecule has 2 rings (SSSR count). The third kappa shape index (κ3) is 3.29. The van der Waals surface area contributed by atoms with Gasteiger partial charge >= 0.3 is 0 Å². The van der Waals surface area contributed by atoms with E-state index >= 15 is 0 Å². The lowest BCUT2D eigenvalue weighted by Gasteiger charge is -2.46. The van der Waals surface area contributed by atoms with Crippen LogP contribution < -0.4 is 16.4 Å². The zero-order valence-corrected chi connectivity index (χ0v) is 11.5. The van der Waals surface area contributed by atoms with E-state index in [1.54, 1.807) is 0 Å². The van der Waals surface area contributed by atoms with Gasteiger partial charge in [-0.2, -0.15) is 4.98 Å². The van der Waals surface area contributed by atoms with Crippen molar-refractivity contribution in [2.45, 2.75) is 57.7 Å². The summed E-state index contributed by atoms with van der Waals surface area (Å²) in [4.78, 5) is 12.0. The molecular weight excluding hydrogens is 228 g/mol. The van der Waals surface area contributed by atoms with E-state index in [4.69, 9.17) is 5.73 Å². The molecule has 1 fully saturated rings. The average Bonchev–Trinajstić information content (AvgIpc) is 2.11. The molecule has 1 aromatic rings. The molecule has 1 aliphatic rings. The van der Waals surface area contributed by atoms with Crippen LogP contribution >= 0.6 is 0 Å². The normalized spacial score (nSPS) is 22.7. The summed E-state index contributed by atoms with van der Waals surface area (Å²) in [6.07, 6.45) is 3.46. The van der Waals surface area contributed by atoms with Crippen molar-refractivity contribution in [3.8, 4) is 0 Å². The summed E-state index contributed by atoms with van der Waals surface area (Å²) in [6, 6.07) is 0.332. The fourth-order valence-corrected chi connectivity index (χ4v) is 2.99. The third-order valence-corrected chi connectivity index (χ3v) is 3.11. The first-order valence-electron chi connectivity index (χ1n) is 6.26. The van der Waals surface area contributed by atoms with Gasteiger partial charge in [-0.1, -0.05) is 0 Å². The first-order chi connectivity index (χ1) is 8.26. The Labute approximate surface area is 108 Å². The smallest absolute Gasteiger partial charge is 0.227 e. The summed E-state index contributed by atoms with van der Waals surface area (Å²) in [5.41, 5.74) is 5.75. The number of piperidine rings is 1. The van der Waals surface area contributed by atoms with E-state index in [0.717, 1.165) is 12.8 Å². The molecule has 4 N–H and O–H groups in total. The molecule has 0 atom stereocenters. The molecule has 2 heterocycles. The first-order valence-corrected chi connectivity index (χ1v) is 6.26. The summed E-state index contributed by atoms with van der Waals surface area (Å²) in [7, 11) is 0. The maximum Gasteiger partial charge on any atom is 0.227 e.